The second-order valence-corrected chi connectivity index (χ2v) is 8.12. The van der Waals surface area contributed by atoms with Gasteiger partial charge in [-0.25, -0.2) is 9.78 Å². The van der Waals surface area contributed by atoms with Gasteiger partial charge in [-0.1, -0.05) is 0 Å². The highest BCUT2D eigenvalue weighted by atomic mass is 16.2. The highest BCUT2D eigenvalue weighted by molar-refractivity contribution is 6.06. The van der Waals surface area contributed by atoms with Crippen molar-refractivity contribution in [3.8, 4) is 0 Å². The Bertz CT molecular complexity index is 930. The van der Waals surface area contributed by atoms with Crippen molar-refractivity contribution in [3.05, 3.63) is 23.0 Å². The van der Waals surface area contributed by atoms with E-state index in [0.717, 1.165) is 54.6 Å². The Morgan fingerprint density at radius 2 is 1.96 bits per heavy atom. The van der Waals surface area contributed by atoms with Gasteiger partial charge in [0, 0.05) is 58.8 Å². The monoisotopic (exact) mass is 384 g/mol. The molecule has 2 aromatic heterocycles. The third-order valence-corrected chi connectivity index (χ3v) is 5.77. The summed E-state index contributed by atoms with van der Waals surface area (Å²) in [7, 11) is 7.08. The number of aryl methyl sites for hydroxylation is 1. The van der Waals surface area contributed by atoms with Crippen LogP contribution in [0.15, 0.2) is 6.07 Å². The third kappa shape index (κ3) is 3.21. The molecule has 4 rings (SSSR count). The summed E-state index contributed by atoms with van der Waals surface area (Å²) >= 11 is 0. The first kappa shape index (κ1) is 18.7. The first-order valence-electron chi connectivity index (χ1n) is 9.96. The van der Waals surface area contributed by atoms with E-state index in [4.69, 9.17) is 10.1 Å². The van der Waals surface area contributed by atoms with Gasteiger partial charge in [-0.15, -0.1) is 0 Å². The molecule has 0 aromatic carbocycles. The van der Waals surface area contributed by atoms with Crippen LogP contribution in [0.4, 0.5) is 4.79 Å². The molecule has 28 heavy (non-hydrogen) atoms. The number of urea groups is 1. The van der Waals surface area contributed by atoms with Crippen molar-refractivity contribution in [1.82, 2.24) is 29.9 Å². The summed E-state index contributed by atoms with van der Waals surface area (Å²) in [5.41, 5.74) is 3.26. The van der Waals surface area contributed by atoms with Gasteiger partial charge in [-0.05, 0) is 31.7 Å². The van der Waals surface area contributed by atoms with E-state index in [9.17, 15) is 9.59 Å². The fourth-order valence-electron chi connectivity index (χ4n) is 4.14. The van der Waals surface area contributed by atoms with E-state index in [1.165, 1.54) is 0 Å². The molecular formula is C20H28N6O2. The van der Waals surface area contributed by atoms with Gasteiger partial charge in [0.25, 0.3) is 5.91 Å². The molecule has 1 unspecified atom stereocenters. The van der Waals surface area contributed by atoms with Crippen molar-refractivity contribution in [3.63, 3.8) is 0 Å². The molecule has 1 saturated carbocycles. The number of nitrogens with one attached hydrogen (secondary N) is 1. The molecule has 3 heterocycles. The number of pyridine rings is 1. The molecule has 1 saturated heterocycles. The van der Waals surface area contributed by atoms with Crippen LogP contribution >= 0.6 is 0 Å². The van der Waals surface area contributed by atoms with E-state index >= 15 is 0 Å². The third-order valence-electron chi connectivity index (χ3n) is 5.77. The zero-order valence-corrected chi connectivity index (χ0v) is 17.0. The molecule has 150 valence electrons. The summed E-state index contributed by atoms with van der Waals surface area (Å²) < 4.78 is 1.79. The molecule has 2 aromatic rings. The van der Waals surface area contributed by atoms with Crippen LogP contribution in [0.2, 0.25) is 0 Å². The minimum Gasteiger partial charge on any atom is -0.355 e. The number of fused-ring (bicyclic) bond motifs is 1. The molecule has 0 radical (unpaired) electrons. The Hall–Kier alpha value is -2.64. The van der Waals surface area contributed by atoms with Crippen LogP contribution in [0.3, 0.4) is 0 Å². The van der Waals surface area contributed by atoms with E-state index in [2.05, 4.69) is 5.32 Å². The van der Waals surface area contributed by atoms with E-state index in [1.807, 2.05) is 18.0 Å². The van der Waals surface area contributed by atoms with Crippen LogP contribution < -0.4 is 5.32 Å². The Morgan fingerprint density at radius 1 is 1.21 bits per heavy atom. The van der Waals surface area contributed by atoms with Gasteiger partial charge in [0.05, 0.1) is 16.6 Å². The van der Waals surface area contributed by atoms with Crippen molar-refractivity contribution in [2.45, 2.75) is 37.5 Å². The highest BCUT2D eigenvalue weighted by Crippen LogP contribution is 2.41. The predicted octanol–water partition coefficient (Wildman–Crippen LogP) is 2.07. The maximum Gasteiger partial charge on any atom is 0.319 e. The van der Waals surface area contributed by atoms with Gasteiger partial charge in [0.15, 0.2) is 5.65 Å². The van der Waals surface area contributed by atoms with Crippen molar-refractivity contribution in [2.24, 2.45) is 7.05 Å². The second kappa shape index (κ2) is 7.07. The van der Waals surface area contributed by atoms with Gasteiger partial charge in [0.1, 0.15) is 0 Å². The number of hydrogen-bond donors (Lipinski definition) is 1. The average molecular weight is 384 g/mol. The fraction of sp³-hybridized carbons (Fsp3) is 0.600. The van der Waals surface area contributed by atoms with Gasteiger partial charge >= 0.3 is 6.03 Å². The van der Waals surface area contributed by atoms with Crippen LogP contribution in [-0.4, -0.2) is 70.7 Å². The Morgan fingerprint density at radius 3 is 2.61 bits per heavy atom. The normalized spacial score (nSPS) is 19.7. The lowest BCUT2D eigenvalue weighted by molar-refractivity contribution is 0.0964. The molecule has 1 N–H and O–H groups in total. The lowest BCUT2D eigenvalue weighted by atomic mass is 9.91. The van der Waals surface area contributed by atoms with E-state index in [1.54, 1.807) is 30.7 Å². The summed E-state index contributed by atoms with van der Waals surface area (Å²) in [6.07, 6.45) is 4.12. The molecule has 0 bridgehead atoms. The minimum absolute atomic E-state index is 0.0191. The SMILES string of the molecule is CNC(=O)c1cc(C2CC2)nc2c1c(C1CCCN(C(=O)N(C)C)C1)nn2C. The number of hydrogen-bond acceptors (Lipinski definition) is 4. The lowest BCUT2D eigenvalue weighted by Gasteiger charge is -2.33. The summed E-state index contributed by atoms with van der Waals surface area (Å²) in [5, 5.41) is 8.37. The van der Waals surface area contributed by atoms with E-state index < -0.39 is 0 Å². The molecule has 8 heteroatoms. The number of carbonyl (C=O) groups is 2. The smallest absolute Gasteiger partial charge is 0.319 e. The molecule has 8 nitrogen and oxygen atoms in total. The fourth-order valence-corrected chi connectivity index (χ4v) is 4.14. The zero-order chi connectivity index (χ0) is 20.0. The predicted molar refractivity (Wildman–Crippen MR) is 107 cm³/mol. The van der Waals surface area contributed by atoms with Crippen LogP contribution in [0.25, 0.3) is 11.0 Å². The molecule has 0 spiro atoms. The summed E-state index contributed by atoms with van der Waals surface area (Å²) in [6.45, 7) is 1.37. The van der Waals surface area contributed by atoms with Crippen LogP contribution in [0.1, 0.15) is 59.3 Å². The van der Waals surface area contributed by atoms with E-state index in [-0.39, 0.29) is 17.9 Å². The van der Waals surface area contributed by atoms with Crippen molar-refractivity contribution >= 4 is 23.0 Å². The molecule has 2 fully saturated rings. The number of nitrogens with zero attached hydrogens (tertiary/aromatic N) is 5. The lowest BCUT2D eigenvalue weighted by Crippen LogP contribution is -2.44. The molecule has 3 amide bonds. The zero-order valence-electron chi connectivity index (χ0n) is 17.0. The largest absolute Gasteiger partial charge is 0.355 e. The van der Waals surface area contributed by atoms with Crippen LogP contribution in [0.5, 0.6) is 0 Å². The van der Waals surface area contributed by atoms with E-state index in [0.29, 0.717) is 18.0 Å². The highest BCUT2D eigenvalue weighted by Gasteiger charge is 2.33. The second-order valence-electron chi connectivity index (χ2n) is 8.12. The average Bonchev–Trinajstić information content (AvgIpc) is 3.50. The van der Waals surface area contributed by atoms with Crippen molar-refractivity contribution in [2.75, 3.05) is 34.2 Å². The van der Waals surface area contributed by atoms with Crippen LogP contribution in [-0.2, 0) is 7.05 Å². The topological polar surface area (TPSA) is 83.4 Å². The van der Waals surface area contributed by atoms with Gasteiger partial charge in [0.2, 0.25) is 0 Å². The molecular weight excluding hydrogens is 356 g/mol. The number of likely N-dealkylation sites (tertiary alicyclic amines) is 1. The molecule has 1 atom stereocenters. The summed E-state index contributed by atoms with van der Waals surface area (Å²) in [5.74, 6) is 0.438. The molecule has 2 aliphatic rings. The summed E-state index contributed by atoms with van der Waals surface area (Å²) in [6, 6.07) is 1.96. The quantitative estimate of drug-likeness (QED) is 0.878. The first-order chi connectivity index (χ1) is 13.4. The first-order valence-corrected chi connectivity index (χ1v) is 9.96. The number of rotatable bonds is 3. The van der Waals surface area contributed by atoms with Crippen molar-refractivity contribution in [1.29, 1.82) is 0 Å². The minimum atomic E-state index is -0.111. The van der Waals surface area contributed by atoms with Crippen molar-refractivity contribution < 1.29 is 9.59 Å². The molecule has 1 aliphatic carbocycles. The Kier molecular flexibility index (Phi) is 4.72. The number of amides is 3. The number of piperidine rings is 1. The maximum absolute atomic E-state index is 12.7. The van der Waals surface area contributed by atoms with Crippen LogP contribution in [0, 0.1) is 0 Å². The number of aromatic nitrogens is 3. The standard InChI is InChI=1S/C20H28N6O2/c1-21-19(27)14-10-15(12-7-8-12)22-18-16(14)17(23-25(18)4)13-6-5-9-26(11-13)20(28)24(2)3/h10,12-13H,5-9,11H2,1-4H3,(H,21,27). The summed E-state index contributed by atoms with van der Waals surface area (Å²) in [4.78, 5) is 33.5. The maximum atomic E-state index is 12.7. The Labute approximate surface area is 164 Å². The Balaban J connectivity index is 1.79. The van der Waals surface area contributed by atoms with Gasteiger partial charge in [-0.3, -0.25) is 9.48 Å². The van der Waals surface area contributed by atoms with Gasteiger partial charge in [-0.2, -0.15) is 5.10 Å². The number of carbonyl (C=O) groups excluding carboxylic acids is 2. The molecule has 1 aliphatic heterocycles. The van der Waals surface area contributed by atoms with Gasteiger partial charge < -0.3 is 15.1 Å².